The van der Waals surface area contributed by atoms with Crippen LogP contribution in [0.5, 0.6) is 0 Å². The molecule has 0 saturated carbocycles. The van der Waals surface area contributed by atoms with Gasteiger partial charge in [0.2, 0.25) is 5.91 Å². The summed E-state index contributed by atoms with van der Waals surface area (Å²) >= 11 is 1.43. The molecule has 2 rings (SSSR count). The van der Waals surface area contributed by atoms with E-state index in [4.69, 9.17) is 15.9 Å². The molecule has 0 spiro atoms. The van der Waals surface area contributed by atoms with Crippen LogP contribution in [0.25, 0.3) is 0 Å². The topological polar surface area (TPSA) is 171 Å². The first-order valence-electron chi connectivity index (χ1n) is 11.8. The molecule has 1 aliphatic heterocycles. The smallest absolute Gasteiger partial charge is 0.326 e. The fraction of sp³-hybridized carbons (Fsp3) is 0.423. The van der Waals surface area contributed by atoms with Gasteiger partial charge in [-0.15, -0.1) is 11.8 Å². The number of allylic oxidation sites excluding steroid dienone is 6. The van der Waals surface area contributed by atoms with Crippen molar-refractivity contribution in [3.63, 3.8) is 0 Å². The van der Waals surface area contributed by atoms with E-state index in [1.165, 1.54) is 11.8 Å². The van der Waals surface area contributed by atoms with E-state index in [0.717, 1.165) is 18.5 Å². The first-order valence-corrected chi connectivity index (χ1v) is 12.9. The minimum Gasteiger partial charge on any atom is -0.481 e. The van der Waals surface area contributed by atoms with E-state index < -0.39 is 23.9 Å². The maximum Gasteiger partial charge on any atom is 0.326 e. The largest absolute Gasteiger partial charge is 0.481 e. The van der Waals surface area contributed by atoms with Crippen LogP contribution in [0, 0.1) is 0 Å². The number of carboxylic acids is 2. The van der Waals surface area contributed by atoms with Crippen LogP contribution < -0.4 is 16.4 Å². The maximum atomic E-state index is 11.7. The number of nitrogens with zero attached hydrogens (tertiary/aromatic N) is 1. The van der Waals surface area contributed by atoms with Crippen LogP contribution in [-0.4, -0.2) is 65.1 Å². The van der Waals surface area contributed by atoms with E-state index in [9.17, 15) is 19.2 Å². The van der Waals surface area contributed by atoms with Crippen molar-refractivity contribution in [2.24, 2.45) is 10.7 Å². The molecule has 1 heterocycles. The van der Waals surface area contributed by atoms with Crippen LogP contribution in [-0.2, 0) is 19.2 Å². The summed E-state index contributed by atoms with van der Waals surface area (Å²) in [6, 6.07) is -1.18. The molecule has 6 N–H and O–H groups in total. The molecule has 0 aromatic heterocycles. The maximum absolute atomic E-state index is 11.7. The van der Waals surface area contributed by atoms with Gasteiger partial charge in [0.05, 0.1) is 11.5 Å². The van der Waals surface area contributed by atoms with E-state index in [1.54, 1.807) is 26.0 Å². The lowest BCUT2D eigenvalue weighted by atomic mass is 10.1. The number of nitrogens with one attached hydrogen (secondary N) is 2. The molecule has 1 amide bonds. The van der Waals surface area contributed by atoms with E-state index >= 15 is 0 Å². The molecule has 0 aromatic rings. The van der Waals surface area contributed by atoms with Gasteiger partial charge in [-0.25, -0.2) is 9.79 Å². The van der Waals surface area contributed by atoms with Crippen molar-refractivity contribution in [2.75, 3.05) is 19.3 Å². The number of carbonyl (C=O) groups excluding carboxylic acids is 2. The summed E-state index contributed by atoms with van der Waals surface area (Å²) in [6.07, 6.45) is 9.46. The molecular formula is C26H38N4O6S. The molecule has 2 aliphatic rings. The number of nitrogens with two attached hydrogens (primary N) is 1. The summed E-state index contributed by atoms with van der Waals surface area (Å²) in [7, 11) is 1.88. The van der Waals surface area contributed by atoms with E-state index in [2.05, 4.69) is 15.6 Å². The molecule has 204 valence electrons. The second-order valence-electron chi connectivity index (χ2n) is 7.68. The molecule has 1 aliphatic carbocycles. The average molecular weight is 535 g/mol. The number of amidine groups is 1. The number of carbonyl (C=O) groups is 4. The van der Waals surface area contributed by atoms with Crippen molar-refractivity contribution in [3.05, 3.63) is 58.2 Å². The quantitative estimate of drug-likeness (QED) is 0.209. The van der Waals surface area contributed by atoms with Crippen LogP contribution in [0.3, 0.4) is 0 Å². The van der Waals surface area contributed by atoms with Gasteiger partial charge in [-0.3, -0.25) is 14.4 Å². The van der Waals surface area contributed by atoms with Gasteiger partial charge in [-0.1, -0.05) is 37.6 Å². The Balaban J connectivity index is 0.000000657. The highest BCUT2D eigenvalue weighted by Gasteiger charge is 2.22. The molecule has 0 aromatic carbocycles. The molecule has 37 heavy (non-hydrogen) atoms. The van der Waals surface area contributed by atoms with Gasteiger partial charge in [0.15, 0.2) is 5.78 Å². The SMILES string of the molecule is CC.CNCC1=CC(C(C)=O)=C(N=C(C)N)C=CC1.O=C(O)CC[C@H](NC(=O)C1=CC=CSC1)C(=O)O. The van der Waals surface area contributed by atoms with E-state index in [1.807, 2.05) is 44.5 Å². The van der Waals surface area contributed by atoms with Crippen LogP contribution in [0.2, 0.25) is 0 Å². The zero-order valence-electron chi connectivity index (χ0n) is 22.0. The predicted octanol–water partition coefficient (Wildman–Crippen LogP) is 2.95. The number of aliphatic imine (C=N–C) groups is 1. The lowest BCUT2D eigenvalue weighted by molar-refractivity contribution is -0.142. The van der Waals surface area contributed by atoms with Crippen molar-refractivity contribution >= 4 is 41.2 Å². The first kappa shape index (κ1) is 33.6. The van der Waals surface area contributed by atoms with E-state index in [-0.39, 0.29) is 18.6 Å². The second kappa shape index (κ2) is 18.8. The third-order valence-electron chi connectivity index (χ3n) is 4.61. The number of amides is 1. The number of aliphatic carboxylic acids is 2. The first-order chi connectivity index (χ1) is 17.5. The van der Waals surface area contributed by atoms with Crippen LogP contribution >= 0.6 is 11.8 Å². The Morgan fingerprint density at radius 2 is 1.86 bits per heavy atom. The molecule has 0 fully saturated rings. The number of likely N-dealkylation sites (N-methyl/N-ethyl adjacent to an activating group) is 1. The summed E-state index contributed by atoms with van der Waals surface area (Å²) < 4.78 is 0. The Morgan fingerprint density at radius 3 is 2.35 bits per heavy atom. The molecule has 10 nitrogen and oxygen atoms in total. The van der Waals surface area contributed by atoms with Gasteiger partial charge in [0.25, 0.3) is 0 Å². The number of hydrogen-bond acceptors (Lipinski definition) is 7. The number of Topliss-reactive ketones (excluding diaryl/α,β-unsaturated/α-hetero) is 1. The Bertz CT molecular complexity index is 1000. The van der Waals surface area contributed by atoms with Gasteiger partial charge in [0.1, 0.15) is 6.04 Å². The summed E-state index contributed by atoms with van der Waals surface area (Å²) in [6.45, 7) is 8.02. The summed E-state index contributed by atoms with van der Waals surface area (Å²) in [5.74, 6) is -1.85. The third-order valence-corrected chi connectivity index (χ3v) is 5.44. The van der Waals surface area contributed by atoms with Crippen molar-refractivity contribution in [3.8, 4) is 0 Å². The molecule has 1 atom stereocenters. The van der Waals surface area contributed by atoms with Gasteiger partial charge in [-0.05, 0) is 51.3 Å². The monoisotopic (exact) mass is 534 g/mol. The molecule has 0 radical (unpaired) electrons. The van der Waals surface area contributed by atoms with Gasteiger partial charge in [-0.2, -0.15) is 0 Å². The van der Waals surface area contributed by atoms with Crippen LogP contribution in [0.15, 0.2) is 63.2 Å². The van der Waals surface area contributed by atoms with Crippen LogP contribution in [0.1, 0.15) is 47.0 Å². The molecular weight excluding hydrogens is 496 g/mol. The summed E-state index contributed by atoms with van der Waals surface area (Å²) in [4.78, 5) is 48.8. The molecule has 0 unspecified atom stereocenters. The van der Waals surface area contributed by atoms with Crippen molar-refractivity contribution < 1.29 is 29.4 Å². The number of ketones is 1. The Hall–Kier alpha value is -3.44. The highest BCUT2D eigenvalue weighted by atomic mass is 32.2. The van der Waals surface area contributed by atoms with Gasteiger partial charge < -0.3 is 26.6 Å². The Kier molecular flexibility index (Phi) is 17.0. The highest BCUT2D eigenvalue weighted by molar-refractivity contribution is 8.02. The molecule has 0 saturated heterocycles. The Morgan fingerprint density at radius 1 is 1.19 bits per heavy atom. The van der Waals surface area contributed by atoms with Gasteiger partial charge >= 0.3 is 11.9 Å². The minimum absolute atomic E-state index is 0.00477. The highest BCUT2D eigenvalue weighted by Crippen LogP contribution is 2.19. The van der Waals surface area contributed by atoms with Crippen LogP contribution in [0.4, 0.5) is 0 Å². The lowest BCUT2D eigenvalue weighted by Crippen LogP contribution is -2.42. The summed E-state index contributed by atoms with van der Waals surface area (Å²) in [5, 5.41) is 24.6. The molecule has 11 heteroatoms. The normalized spacial score (nSPS) is 15.5. The van der Waals surface area contributed by atoms with Crippen molar-refractivity contribution in [2.45, 2.75) is 53.0 Å². The predicted molar refractivity (Wildman–Crippen MR) is 148 cm³/mol. The zero-order valence-corrected chi connectivity index (χ0v) is 22.9. The summed E-state index contributed by atoms with van der Waals surface area (Å²) in [5.41, 5.74) is 8.47. The number of hydrogen-bond donors (Lipinski definition) is 5. The number of carboxylic acid groups (broad SMARTS) is 2. The number of thioether (sulfide) groups is 1. The Labute approximate surface area is 222 Å². The third kappa shape index (κ3) is 14.0. The van der Waals surface area contributed by atoms with Gasteiger partial charge in [0, 0.05) is 29.9 Å². The fourth-order valence-electron chi connectivity index (χ4n) is 2.98. The lowest BCUT2D eigenvalue weighted by Gasteiger charge is -2.15. The minimum atomic E-state index is -1.23. The second-order valence-corrected chi connectivity index (χ2v) is 8.57. The number of rotatable bonds is 10. The van der Waals surface area contributed by atoms with E-state index in [0.29, 0.717) is 28.4 Å². The average Bonchev–Trinajstić information content (AvgIpc) is 3.05. The van der Waals surface area contributed by atoms with Crippen molar-refractivity contribution in [1.29, 1.82) is 0 Å². The standard InChI is InChI=1S/C13H19N3O.C11H13NO5S.C2H6/c1-9(17)12-7-11(8-15-3)5-4-6-13(12)16-10(2)14;13-9(14)4-3-8(11(16)17)12-10(15)7-2-1-5-18-6-7;1-2/h4,6-7,15H,5,8H2,1-3H3,(H2,14,16);1-2,5,8H,3-4,6H2,(H,12,15)(H,13,14)(H,16,17);1-2H3/t;8-;/m.0./s1. The zero-order chi connectivity index (χ0) is 28.4. The molecule has 0 bridgehead atoms. The van der Waals surface area contributed by atoms with Crippen molar-refractivity contribution in [1.82, 2.24) is 10.6 Å². The fourth-order valence-corrected chi connectivity index (χ4v) is 3.68.